The van der Waals surface area contributed by atoms with Crippen LogP contribution in [0.2, 0.25) is 0 Å². The molecule has 0 bridgehead atoms. The topological polar surface area (TPSA) is 137 Å². The summed E-state index contributed by atoms with van der Waals surface area (Å²) in [4.78, 5) is 35.7. The highest BCUT2D eigenvalue weighted by Gasteiger charge is 2.19. The monoisotopic (exact) mass is 167 g/mol. The molecule has 0 spiro atoms. The van der Waals surface area contributed by atoms with Crippen LogP contribution >= 0.6 is 0 Å². The van der Waals surface area contributed by atoms with Crippen molar-refractivity contribution in [2.45, 2.75) is 0 Å². The molecule has 0 fully saturated rings. The van der Waals surface area contributed by atoms with Crippen molar-refractivity contribution < 1.29 is 24.8 Å². The number of nitrogens with one attached hydrogen (secondary N) is 1. The van der Waals surface area contributed by atoms with Gasteiger partial charge in [-0.2, -0.15) is 0 Å². The molecule has 10 nitrogen and oxygen atoms in total. The maximum atomic E-state index is 9.92. The van der Waals surface area contributed by atoms with E-state index in [2.05, 4.69) is 15.6 Å². The van der Waals surface area contributed by atoms with Crippen LogP contribution in [-0.2, 0) is 9.88 Å². The molecule has 0 radical (unpaired) electrons. The summed E-state index contributed by atoms with van der Waals surface area (Å²) in [5.74, 6) is 0. The van der Waals surface area contributed by atoms with Gasteiger partial charge in [0.25, 0.3) is 0 Å². The molecule has 0 aromatic heterocycles. The third kappa shape index (κ3) is 5.75. The Kier molecular flexibility index (Phi) is 3.07. The van der Waals surface area contributed by atoms with Crippen LogP contribution in [0.15, 0.2) is 0 Å². The lowest BCUT2D eigenvalue weighted by Crippen LogP contribution is -2.33. The van der Waals surface area contributed by atoms with Crippen LogP contribution in [0.25, 0.3) is 0 Å². The van der Waals surface area contributed by atoms with Gasteiger partial charge in [-0.25, -0.2) is 4.79 Å². The first-order valence-electron chi connectivity index (χ1n) is 2.04. The summed E-state index contributed by atoms with van der Waals surface area (Å²) >= 11 is 0. The minimum absolute atomic E-state index is 0.940. The van der Waals surface area contributed by atoms with Crippen molar-refractivity contribution in [3.63, 3.8) is 0 Å². The summed E-state index contributed by atoms with van der Waals surface area (Å²) < 4.78 is 0. The van der Waals surface area contributed by atoms with Crippen molar-refractivity contribution in [3.05, 3.63) is 15.0 Å². The van der Waals surface area contributed by atoms with E-state index in [9.17, 15) is 19.8 Å². The van der Waals surface area contributed by atoms with Gasteiger partial charge in [-0.15, -0.1) is 10.1 Å². The lowest BCUT2D eigenvalue weighted by molar-refractivity contribution is -1.14. The van der Waals surface area contributed by atoms with E-state index in [0.29, 0.717) is 0 Å². The standard InChI is InChI=1S/CH2N4O6/c2-1(6)3-10-5(9)11-4(7)8/h(H2-,2,3,6)/p+1. The summed E-state index contributed by atoms with van der Waals surface area (Å²) in [6.07, 6.45) is 0. The first-order chi connectivity index (χ1) is 5.02. The largest absolute Gasteiger partial charge is 0.502 e. The molecule has 0 heterocycles. The number of carbonyl (C=O) groups is 1. The molecule has 0 aliphatic carbocycles. The zero-order chi connectivity index (χ0) is 8.85. The number of nitrogens with two attached hydrogens (primary N) is 1. The van der Waals surface area contributed by atoms with E-state index in [0.717, 1.165) is 0 Å². The third-order valence-corrected chi connectivity index (χ3v) is 0.354. The fraction of sp³-hybridized carbons (Fsp3) is 0. The lowest BCUT2D eigenvalue weighted by atomic mass is 11.2. The molecule has 0 aliphatic heterocycles. The summed E-state index contributed by atoms with van der Waals surface area (Å²) in [7, 11) is 0. The molecule has 2 amide bonds. The van der Waals surface area contributed by atoms with Crippen molar-refractivity contribution in [2.75, 3.05) is 0 Å². The maximum absolute atomic E-state index is 9.92. The van der Waals surface area contributed by atoms with E-state index in [1.54, 1.807) is 0 Å². The van der Waals surface area contributed by atoms with Gasteiger partial charge in [0.15, 0.2) is 0 Å². The third-order valence-electron chi connectivity index (χ3n) is 0.354. The van der Waals surface area contributed by atoms with E-state index in [4.69, 9.17) is 0 Å². The van der Waals surface area contributed by atoms with Gasteiger partial charge in [-0.1, -0.05) is 5.48 Å². The Hall–Kier alpha value is -2.13. The number of hydroxylamine groups is 1. The van der Waals surface area contributed by atoms with Gasteiger partial charge < -0.3 is 5.73 Å². The van der Waals surface area contributed by atoms with E-state index < -0.39 is 16.2 Å². The quantitative estimate of drug-likeness (QED) is 0.382. The Labute approximate surface area is 58.4 Å². The summed E-state index contributed by atoms with van der Waals surface area (Å²) in [6, 6.07) is -1.20. The summed E-state index contributed by atoms with van der Waals surface area (Å²) in [5, 5.41) is 7.00. The first-order valence-corrected chi connectivity index (χ1v) is 2.04. The minimum Gasteiger partial charge on any atom is -0.349 e. The molecule has 0 saturated heterocycles. The molecule has 0 atom stereocenters. The van der Waals surface area contributed by atoms with Crippen LogP contribution < -0.4 is 11.2 Å². The van der Waals surface area contributed by atoms with Gasteiger partial charge in [0.05, 0.1) is 4.94 Å². The second kappa shape index (κ2) is 3.81. The predicted molar refractivity (Wildman–Crippen MR) is 25.5 cm³/mol. The van der Waals surface area contributed by atoms with E-state index in [1.165, 1.54) is 5.48 Å². The average molecular weight is 167 g/mol. The number of hydrogen-bond acceptors (Lipinski definition) is 6. The van der Waals surface area contributed by atoms with Crippen molar-refractivity contribution >= 4 is 6.03 Å². The van der Waals surface area contributed by atoms with Crippen LogP contribution in [-0.4, -0.2) is 16.2 Å². The molecule has 62 valence electrons. The molecule has 0 aromatic carbocycles. The Balaban J connectivity index is 3.53. The summed E-state index contributed by atoms with van der Waals surface area (Å²) in [6.45, 7) is 0. The van der Waals surface area contributed by atoms with Crippen molar-refractivity contribution in [1.82, 2.24) is 5.48 Å². The van der Waals surface area contributed by atoms with Gasteiger partial charge in [0, 0.05) is 0 Å². The zero-order valence-corrected chi connectivity index (χ0v) is 4.92. The average Bonchev–Trinajstić information content (AvgIpc) is 1.82. The fourth-order valence-electron chi connectivity index (χ4n) is 0.153. The van der Waals surface area contributed by atoms with Crippen LogP contribution in [0, 0.1) is 15.0 Å². The number of nitrogens with zero attached hydrogens (tertiary/aromatic N) is 2. The van der Waals surface area contributed by atoms with Gasteiger partial charge in [0.1, 0.15) is 4.91 Å². The SMILES string of the molecule is NC(=O)NO[N+](=O)O[N+](=O)[O-]. The molecule has 0 rings (SSSR count). The van der Waals surface area contributed by atoms with Crippen molar-refractivity contribution in [2.24, 2.45) is 5.73 Å². The van der Waals surface area contributed by atoms with Gasteiger partial charge in [-0.05, 0) is 4.94 Å². The maximum Gasteiger partial charge on any atom is 0.502 e. The second-order valence-electron chi connectivity index (χ2n) is 1.09. The van der Waals surface area contributed by atoms with Crippen molar-refractivity contribution in [1.29, 1.82) is 0 Å². The fourth-order valence-corrected chi connectivity index (χ4v) is 0.153. The summed E-state index contributed by atoms with van der Waals surface area (Å²) in [5.41, 5.74) is 5.68. The van der Waals surface area contributed by atoms with Gasteiger partial charge in [0.2, 0.25) is 0 Å². The van der Waals surface area contributed by atoms with Gasteiger partial charge in [-0.3, -0.25) is 0 Å². The number of rotatable bonds is 4. The van der Waals surface area contributed by atoms with Crippen molar-refractivity contribution in [3.8, 4) is 0 Å². The molecule has 0 aliphatic rings. The van der Waals surface area contributed by atoms with Crippen LogP contribution in [0.5, 0.6) is 0 Å². The molecule has 0 unspecified atom stereocenters. The highest BCUT2D eigenvalue weighted by atomic mass is 17.2. The minimum atomic E-state index is -1.43. The highest BCUT2D eigenvalue weighted by molar-refractivity contribution is 5.70. The number of primary amides is 1. The normalized spacial score (nSPS) is 8.00. The molecule has 0 saturated carbocycles. The zero-order valence-electron chi connectivity index (χ0n) is 4.92. The van der Waals surface area contributed by atoms with Crippen LogP contribution in [0.3, 0.4) is 0 Å². The van der Waals surface area contributed by atoms with Crippen LogP contribution in [0.1, 0.15) is 0 Å². The number of amides is 2. The molecule has 10 heteroatoms. The van der Waals surface area contributed by atoms with E-state index in [-0.39, 0.29) is 0 Å². The second-order valence-corrected chi connectivity index (χ2v) is 1.09. The number of carbonyl (C=O) groups excluding carboxylic acids is 1. The predicted octanol–water partition coefficient (Wildman–Crippen LogP) is -1.60. The van der Waals surface area contributed by atoms with Crippen LogP contribution in [0.4, 0.5) is 4.79 Å². The number of hydrogen-bond donors (Lipinski definition) is 2. The highest BCUT2D eigenvalue weighted by Crippen LogP contribution is 1.76. The Morgan fingerprint density at radius 2 is 2.09 bits per heavy atom. The van der Waals surface area contributed by atoms with Gasteiger partial charge >= 0.3 is 16.2 Å². The Morgan fingerprint density at radius 1 is 1.55 bits per heavy atom. The first kappa shape index (κ1) is 8.87. The molecule has 11 heavy (non-hydrogen) atoms. The molecular formula is CH3N4O6+. The van der Waals surface area contributed by atoms with E-state index >= 15 is 0 Å². The number of urea groups is 1. The Bertz CT molecular complexity index is 187. The molecule has 3 N–H and O–H groups in total. The molecule has 0 aromatic rings. The lowest BCUT2D eigenvalue weighted by Gasteiger charge is -1.86. The Morgan fingerprint density at radius 3 is 2.45 bits per heavy atom. The van der Waals surface area contributed by atoms with E-state index in [1.807, 2.05) is 0 Å². The molecular weight excluding hydrogens is 164 g/mol. The smallest absolute Gasteiger partial charge is 0.349 e.